The van der Waals surface area contributed by atoms with E-state index in [1.54, 1.807) is 0 Å². The molecule has 0 aliphatic carbocycles. The minimum atomic E-state index is -0.367. The van der Waals surface area contributed by atoms with E-state index >= 15 is 0 Å². The molecule has 16 heavy (non-hydrogen) atoms. The molecular weight excluding hydrogens is 222 g/mol. The standard InChI is InChI=1S/C12H25NO2S/c1-10(2)8-15-9-12(14)7-13-11-3-5-16-6-4-11/h10-14H,3-9H2,1-2H3. The van der Waals surface area contributed by atoms with Gasteiger partial charge in [0.05, 0.1) is 12.7 Å². The number of thioether (sulfide) groups is 1. The van der Waals surface area contributed by atoms with Crippen LogP contribution in [0.2, 0.25) is 0 Å². The number of nitrogens with one attached hydrogen (secondary N) is 1. The third-order valence-electron chi connectivity index (χ3n) is 2.62. The van der Waals surface area contributed by atoms with Crippen molar-refractivity contribution in [3.8, 4) is 0 Å². The van der Waals surface area contributed by atoms with E-state index in [1.165, 1.54) is 24.3 Å². The Hall–Kier alpha value is 0.230. The van der Waals surface area contributed by atoms with Crippen LogP contribution in [0.15, 0.2) is 0 Å². The Morgan fingerprint density at radius 1 is 1.31 bits per heavy atom. The largest absolute Gasteiger partial charge is 0.389 e. The number of ether oxygens (including phenoxy) is 1. The van der Waals surface area contributed by atoms with Crippen molar-refractivity contribution in [2.45, 2.75) is 38.8 Å². The summed E-state index contributed by atoms with van der Waals surface area (Å²) in [6, 6.07) is 0.598. The van der Waals surface area contributed by atoms with Gasteiger partial charge in [-0.05, 0) is 30.3 Å². The Morgan fingerprint density at radius 3 is 2.62 bits per heavy atom. The van der Waals surface area contributed by atoms with Crippen LogP contribution in [0.1, 0.15) is 26.7 Å². The molecule has 4 heteroatoms. The molecule has 0 aromatic carbocycles. The summed E-state index contributed by atoms with van der Waals surface area (Å²) < 4.78 is 5.40. The molecule has 0 aromatic heterocycles. The molecule has 1 rings (SSSR count). The summed E-state index contributed by atoms with van der Waals surface area (Å²) in [4.78, 5) is 0. The quantitative estimate of drug-likeness (QED) is 0.715. The Morgan fingerprint density at radius 2 is 2.00 bits per heavy atom. The maximum absolute atomic E-state index is 9.70. The minimum Gasteiger partial charge on any atom is -0.389 e. The van der Waals surface area contributed by atoms with E-state index < -0.39 is 0 Å². The van der Waals surface area contributed by atoms with Gasteiger partial charge >= 0.3 is 0 Å². The highest BCUT2D eigenvalue weighted by atomic mass is 32.2. The van der Waals surface area contributed by atoms with Gasteiger partial charge in [-0.15, -0.1) is 0 Å². The Balaban J connectivity index is 1.98. The van der Waals surface area contributed by atoms with E-state index in [0.717, 1.165) is 6.61 Å². The molecule has 2 N–H and O–H groups in total. The van der Waals surface area contributed by atoms with E-state index in [-0.39, 0.29) is 6.10 Å². The third-order valence-corrected chi connectivity index (χ3v) is 3.67. The van der Waals surface area contributed by atoms with Gasteiger partial charge in [-0.25, -0.2) is 0 Å². The molecule has 96 valence electrons. The zero-order valence-electron chi connectivity index (χ0n) is 10.4. The normalized spacial score (nSPS) is 20.2. The Labute approximate surface area is 103 Å². The van der Waals surface area contributed by atoms with Crippen LogP contribution < -0.4 is 5.32 Å². The molecule has 1 atom stereocenters. The second kappa shape index (κ2) is 8.34. The van der Waals surface area contributed by atoms with Crippen LogP contribution in [0.5, 0.6) is 0 Å². The van der Waals surface area contributed by atoms with Crippen LogP contribution in [0.25, 0.3) is 0 Å². The average Bonchev–Trinajstić information content (AvgIpc) is 2.27. The van der Waals surface area contributed by atoms with Gasteiger partial charge in [0.25, 0.3) is 0 Å². The molecular formula is C12H25NO2S. The topological polar surface area (TPSA) is 41.5 Å². The SMILES string of the molecule is CC(C)COCC(O)CNC1CCSCC1. The predicted molar refractivity (Wildman–Crippen MR) is 70.0 cm³/mol. The lowest BCUT2D eigenvalue weighted by Gasteiger charge is -2.24. The summed E-state index contributed by atoms with van der Waals surface area (Å²) in [5.74, 6) is 3.03. The highest BCUT2D eigenvalue weighted by Gasteiger charge is 2.14. The zero-order chi connectivity index (χ0) is 11.8. The molecule has 0 radical (unpaired) electrons. The van der Waals surface area contributed by atoms with Gasteiger partial charge in [-0.1, -0.05) is 13.8 Å². The van der Waals surface area contributed by atoms with E-state index in [2.05, 4.69) is 19.2 Å². The van der Waals surface area contributed by atoms with Crippen LogP contribution in [0.4, 0.5) is 0 Å². The van der Waals surface area contributed by atoms with Crippen LogP contribution in [-0.2, 0) is 4.74 Å². The van der Waals surface area contributed by atoms with Crippen molar-refractivity contribution >= 4 is 11.8 Å². The lowest BCUT2D eigenvalue weighted by molar-refractivity contribution is 0.0249. The fraction of sp³-hybridized carbons (Fsp3) is 1.00. The van der Waals surface area contributed by atoms with Crippen molar-refractivity contribution in [1.29, 1.82) is 0 Å². The maximum atomic E-state index is 9.70. The van der Waals surface area contributed by atoms with Crippen molar-refractivity contribution < 1.29 is 9.84 Å². The molecule has 1 aliphatic heterocycles. The summed E-state index contributed by atoms with van der Waals surface area (Å²) in [5, 5.41) is 13.1. The molecule has 1 aliphatic rings. The Bertz CT molecular complexity index is 172. The van der Waals surface area contributed by atoms with Gasteiger partial charge in [0.1, 0.15) is 0 Å². The van der Waals surface area contributed by atoms with Crippen LogP contribution in [0.3, 0.4) is 0 Å². The van der Waals surface area contributed by atoms with E-state index in [9.17, 15) is 5.11 Å². The molecule has 1 heterocycles. The van der Waals surface area contributed by atoms with Crippen molar-refractivity contribution in [2.24, 2.45) is 5.92 Å². The molecule has 0 aromatic rings. The Kier molecular flexibility index (Phi) is 7.45. The second-order valence-corrected chi connectivity index (χ2v) is 6.10. The lowest BCUT2D eigenvalue weighted by Crippen LogP contribution is -2.39. The molecule has 1 fully saturated rings. The average molecular weight is 247 g/mol. The lowest BCUT2D eigenvalue weighted by atomic mass is 10.1. The van der Waals surface area contributed by atoms with Gasteiger partial charge in [-0.3, -0.25) is 0 Å². The van der Waals surface area contributed by atoms with E-state index in [1.807, 2.05) is 11.8 Å². The van der Waals surface area contributed by atoms with Gasteiger partial charge < -0.3 is 15.2 Å². The first-order chi connectivity index (χ1) is 7.68. The van der Waals surface area contributed by atoms with Crippen molar-refractivity contribution in [3.05, 3.63) is 0 Å². The smallest absolute Gasteiger partial charge is 0.0897 e. The van der Waals surface area contributed by atoms with E-state index in [0.29, 0.717) is 25.1 Å². The number of aliphatic hydroxyl groups is 1. The molecule has 0 saturated carbocycles. The summed E-state index contributed by atoms with van der Waals surface area (Å²) in [5.41, 5.74) is 0. The van der Waals surface area contributed by atoms with Crippen LogP contribution >= 0.6 is 11.8 Å². The van der Waals surface area contributed by atoms with Gasteiger partial charge in [-0.2, -0.15) is 11.8 Å². The summed E-state index contributed by atoms with van der Waals surface area (Å²) >= 11 is 2.02. The highest BCUT2D eigenvalue weighted by molar-refractivity contribution is 7.99. The summed E-state index contributed by atoms with van der Waals surface area (Å²) in [6.07, 6.45) is 2.09. The number of hydrogen-bond donors (Lipinski definition) is 2. The van der Waals surface area contributed by atoms with Crippen molar-refractivity contribution in [3.63, 3.8) is 0 Å². The molecule has 1 unspecified atom stereocenters. The van der Waals surface area contributed by atoms with E-state index in [4.69, 9.17) is 4.74 Å². The monoisotopic (exact) mass is 247 g/mol. The minimum absolute atomic E-state index is 0.367. The van der Waals surface area contributed by atoms with Crippen molar-refractivity contribution in [1.82, 2.24) is 5.32 Å². The number of aliphatic hydroxyl groups excluding tert-OH is 1. The van der Waals surface area contributed by atoms with Crippen LogP contribution in [0, 0.1) is 5.92 Å². The second-order valence-electron chi connectivity index (χ2n) is 4.88. The van der Waals surface area contributed by atoms with Gasteiger partial charge in [0.15, 0.2) is 0 Å². The zero-order valence-corrected chi connectivity index (χ0v) is 11.3. The molecule has 0 amide bonds. The number of hydrogen-bond acceptors (Lipinski definition) is 4. The molecule has 0 spiro atoms. The van der Waals surface area contributed by atoms with Crippen LogP contribution in [-0.4, -0.2) is 48.5 Å². The molecule has 3 nitrogen and oxygen atoms in total. The van der Waals surface area contributed by atoms with Gasteiger partial charge in [0.2, 0.25) is 0 Å². The van der Waals surface area contributed by atoms with Crippen molar-refractivity contribution in [2.75, 3.05) is 31.3 Å². The molecule has 1 saturated heterocycles. The van der Waals surface area contributed by atoms with Gasteiger partial charge in [0, 0.05) is 19.2 Å². The summed E-state index contributed by atoms with van der Waals surface area (Å²) in [7, 11) is 0. The maximum Gasteiger partial charge on any atom is 0.0897 e. The predicted octanol–water partition coefficient (Wildman–Crippen LogP) is 1.51. The first-order valence-electron chi connectivity index (χ1n) is 6.25. The first-order valence-corrected chi connectivity index (χ1v) is 7.41. The fourth-order valence-electron chi connectivity index (χ4n) is 1.70. The first kappa shape index (κ1) is 14.3. The highest BCUT2D eigenvalue weighted by Crippen LogP contribution is 2.16. The number of rotatable bonds is 7. The third kappa shape index (κ3) is 6.74. The molecule has 0 bridgehead atoms. The summed E-state index contributed by atoms with van der Waals surface area (Å²) in [6.45, 7) is 6.08. The fourth-order valence-corrected chi connectivity index (χ4v) is 2.81.